The Kier molecular flexibility index (Phi) is 2.16. The SMILES string of the molecule is Nc1ncccc1C1(O)CCN2CCCC21. The third-order valence-electron chi connectivity index (χ3n) is 4.00. The van der Waals surface area contributed by atoms with Crippen LogP contribution in [-0.4, -0.2) is 34.1 Å². The van der Waals surface area contributed by atoms with E-state index in [1.165, 1.54) is 6.42 Å². The largest absolute Gasteiger partial charge is 0.383 e. The van der Waals surface area contributed by atoms with E-state index in [1.54, 1.807) is 6.20 Å². The van der Waals surface area contributed by atoms with Gasteiger partial charge in [0.2, 0.25) is 0 Å². The number of nitrogens with zero attached hydrogens (tertiary/aromatic N) is 2. The molecule has 0 bridgehead atoms. The first-order valence-corrected chi connectivity index (χ1v) is 5.89. The lowest BCUT2D eigenvalue weighted by molar-refractivity contribution is 0.00984. The van der Waals surface area contributed by atoms with Gasteiger partial charge in [0.25, 0.3) is 0 Å². The number of nitrogen functional groups attached to an aromatic ring is 1. The van der Waals surface area contributed by atoms with Gasteiger partial charge in [-0.3, -0.25) is 4.90 Å². The minimum Gasteiger partial charge on any atom is -0.383 e. The molecule has 0 spiro atoms. The van der Waals surface area contributed by atoms with E-state index >= 15 is 0 Å². The van der Waals surface area contributed by atoms with E-state index in [0.29, 0.717) is 5.82 Å². The molecular formula is C12H17N3O. The van der Waals surface area contributed by atoms with Crippen molar-refractivity contribution < 1.29 is 5.11 Å². The average Bonchev–Trinajstić information content (AvgIpc) is 2.84. The van der Waals surface area contributed by atoms with Crippen LogP contribution in [-0.2, 0) is 5.60 Å². The molecule has 16 heavy (non-hydrogen) atoms. The molecule has 2 atom stereocenters. The molecule has 0 aromatic carbocycles. The highest BCUT2D eigenvalue weighted by Gasteiger charge is 2.49. The van der Waals surface area contributed by atoms with Gasteiger partial charge in [-0.1, -0.05) is 6.07 Å². The van der Waals surface area contributed by atoms with Gasteiger partial charge < -0.3 is 10.8 Å². The summed E-state index contributed by atoms with van der Waals surface area (Å²) < 4.78 is 0. The number of pyridine rings is 1. The van der Waals surface area contributed by atoms with E-state index in [9.17, 15) is 5.11 Å². The molecule has 4 heteroatoms. The first-order chi connectivity index (χ1) is 7.72. The number of anilines is 1. The zero-order valence-electron chi connectivity index (χ0n) is 9.26. The second kappa shape index (κ2) is 3.43. The highest BCUT2D eigenvalue weighted by atomic mass is 16.3. The van der Waals surface area contributed by atoms with Gasteiger partial charge in [-0.25, -0.2) is 4.98 Å². The second-order valence-electron chi connectivity index (χ2n) is 4.80. The zero-order valence-corrected chi connectivity index (χ0v) is 9.26. The summed E-state index contributed by atoms with van der Waals surface area (Å²) in [4.78, 5) is 6.45. The van der Waals surface area contributed by atoms with Gasteiger partial charge in [0.05, 0.1) is 0 Å². The normalized spacial score (nSPS) is 34.2. The number of rotatable bonds is 1. The Morgan fingerprint density at radius 1 is 1.50 bits per heavy atom. The van der Waals surface area contributed by atoms with Crippen molar-refractivity contribution in [3.05, 3.63) is 23.9 Å². The predicted octanol–water partition coefficient (Wildman–Crippen LogP) is 0.720. The maximum Gasteiger partial charge on any atom is 0.129 e. The third-order valence-corrected chi connectivity index (χ3v) is 4.00. The minimum absolute atomic E-state index is 0.235. The molecule has 3 N–H and O–H groups in total. The van der Waals surface area contributed by atoms with Crippen molar-refractivity contribution in [2.75, 3.05) is 18.8 Å². The van der Waals surface area contributed by atoms with Crippen molar-refractivity contribution in [1.29, 1.82) is 0 Å². The number of aromatic nitrogens is 1. The van der Waals surface area contributed by atoms with Crippen LogP contribution in [0.5, 0.6) is 0 Å². The summed E-state index contributed by atoms with van der Waals surface area (Å²) >= 11 is 0. The molecule has 0 saturated carbocycles. The van der Waals surface area contributed by atoms with Crippen molar-refractivity contribution in [2.24, 2.45) is 0 Å². The van der Waals surface area contributed by atoms with Crippen molar-refractivity contribution >= 4 is 5.82 Å². The van der Waals surface area contributed by atoms with Gasteiger partial charge in [0, 0.05) is 24.3 Å². The third kappa shape index (κ3) is 1.26. The molecule has 3 heterocycles. The van der Waals surface area contributed by atoms with Crippen LogP contribution in [0.15, 0.2) is 18.3 Å². The Morgan fingerprint density at radius 3 is 3.19 bits per heavy atom. The molecule has 2 saturated heterocycles. The van der Waals surface area contributed by atoms with E-state index < -0.39 is 5.60 Å². The lowest BCUT2D eigenvalue weighted by atomic mass is 9.85. The summed E-state index contributed by atoms with van der Waals surface area (Å²) in [5.74, 6) is 0.471. The summed E-state index contributed by atoms with van der Waals surface area (Å²) in [5, 5.41) is 10.9. The van der Waals surface area contributed by atoms with Gasteiger partial charge >= 0.3 is 0 Å². The van der Waals surface area contributed by atoms with E-state index in [1.807, 2.05) is 12.1 Å². The Balaban J connectivity index is 2.02. The van der Waals surface area contributed by atoms with Crippen LogP contribution in [0.2, 0.25) is 0 Å². The molecule has 2 fully saturated rings. The molecule has 2 aliphatic rings. The molecule has 2 aliphatic heterocycles. The van der Waals surface area contributed by atoms with Gasteiger partial charge in [-0.2, -0.15) is 0 Å². The fourth-order valence-electron chi connectivity index (χ4n) is 3.21. The topological polar surface area (TPSA) is 62.4 Å². The summed E-state index contributed by atoms with van der Waals surface area (Å²) in [6, 6.07) is 3.99. The van der Waals surface area contributed by atoms with Crippen LogP contribution in [0.1, 0.15) is 24.8 Å². The summed E-state index contributed by atoms with van der Waals surface area (Å²) in [6.45, 7) is 2.07. The fourth-order valence-corrected chi connectivity index (χ4v) is 3.21. The maximum atomic E-state index is 10.9. The summed E-state index contributed by atoms with van der Waals surface area (Å²) in [5.41, 5.74) is 5.91. The van der Waals surface area contributed by atoms with Gasteiger partial charge in [-0.15, -0.1) is 0 Å². The highest BCUT2D eigenvalue weighted by Crippen LogP contribution is 2.44. The van der Waals surface area contributed by atoms with Gasteiger partial charge in [-0.05, 0) is 31.9 Å². The molecule has 3 rings (SSSR count). The van der Waals surface area contributed by atoms with Crippen molar-refractivity contribution in [3.63, 3.8) is 0 Å². The standard InChI is InChI=1S/C12H17N3O/c13-11-9(3-1-6-14-11)12(16)5-8-15-7-2-4-10(12)15/h1,3,6,10,16H,2,4-5,7-8H2,(H2,13,14). The number of nitrogens with two attached hydrogens (primary N) is 1. The molecule has 0 aliphatic carbocycles. The summed E-state index contributed by atoms with van der Waals surface area (Å²) in [6.07, 6.45) is 4.68. The molecule has 4 nitrogen and oxygen atoms in total. The van der Waals surface area contributed by atoms with Crippen molar-refractivity contribution in [3.8, 4) is 0 Å². The van der Waals surface area contributed by atoms with E-state index in [-0.39, 0.29) is 6.04 Å². The quantitative estimate of drug-likeness (QED) is 0.730. The maximum absolute atomic E-state index is 10.9. The molecule has 2 unspecified atom stereocenters. The average molecular weight is 219 g/mol. The first kappa shape index (κ1) is 10.1. The van der Waals surface area contributed by atoms with Crippen LogP contribution >= 0.6 is 0 Å². The molecular weight excluding hydrogens is 202 g/mol. The van der Waals surface area contributed by atoms with E-state index in [2.05, 4.69) is 9.88 Å². The monoisotopic (exact) mass is 219 g/mol. The number of hydrogen-bond donors (Lipinski definition) is 2. The van der Waals surface area contributed by atoms with Crippen LogP contribution in [0.4, 0.5) is 5.82 Å². The molecule has 1 aromatic heterocycles. The van der Waals surface area contributed by atoms with E-state index in [4.69, 9.17) is 5.73 Å². The molecule has 0 amide bonds. The highest BCUT2D eigenvalue weighted by molar-refractivity contribution is 5.44. The number of hydrogen-bond acceptors (Lipinski definition) is 4. The second-order valence-corrected chi connectivity index (χ2v) is 4.80. The van der Waals surface area contributed by atoms with Gasteiger partial charge in [0.1, 0.15) is 11.4 Å². The lowest BCUT2D eigenvalue weighted by Gasteiger charge is -2.30. The Labute approximate surface area is 95.1 Å². The minimum atomic E-state index is -0.783. The Bertz CT molecular complexity index is 409. The first-order valence-electron chi connectivity index (χ1n) is 5.89. The fraction of sp³-hybridized carbons (Fsp3) is 0.583. The van der Waals surface area contributed by atoms with Crippen molar-refractivity contribution in [1.82, 2.24) is 9.88 Å². The lowest BCUT2D eigenvalue weighted by Crippen LogP contribution is -2.39. The Morgan fingerprint density at radius 2 is 2.38 bits per heavy atom. The van der Waals surface area contributed by atoms with Crippen molar-refractivity contribution in [2.45, 2.75) is 30.9 Å². The molecule has 86 valence electrons. The van der Waals surface area contributed by atoms with Crippen LogP contribution in [0, 0.1) is 0 Å². The predicted molar refractivity (Wildman–Crippen MR) is 61.8 cm³/mol. The van der Waals surface area contributed by atoms with Crippen LogP contribution in [0.3, 0.4) is 0 Å². The van der Waals surface area contributed by atoms with Crippen LogP contribution in [0.25, 0.3) is 0 Å². The Hall–Kier alpha value is -1.13. The smallest absolute Gasteiger partial charge is 0.129 e. The molecule has 1 aromatic rings. The zero-order chi connectivity index (χ0) is 11.2. The number of fused-ring (bicyclic) bond motifs is 1. The summed E-state index contributed by atoms with van der Waals surface area (Å²) in [7, 11) is 0. The van der Waals surface area contributed by atoms with E-state index in [0.717, 1.165) is 31.5 Å². The van der Waals surface area contributed by atoms with Crippen LogP contribution < -0.4 is 5.73 Å². The molecule has 0 radical (unpaired) electrons. The van der Waals surface area contributed by atoms with Gasteiger partial charge in [0.15, 0.2) is 0 Å². The number of aliphatic hydroxyl groups is 1.